The Kier molecular flexibility index (Phi) is 4.50. The molecule has 0 amide bonds. The molecule has 0 aliphatic carbocycles. The van der Waals surface area contributed by atoms with Crippen LogP contribution in [0.1, 0.15) is 21.5 Å². The van der Waals surface area contributed by atoms with Crippen molar-refractivity contribution in [3.63, 3.8) is 0 Å². The zero-order valence-corrected chi connectivity index (χ0v) is 11.0. The van der Waals surface area contributed by atoms with E-state index in [-0.39, 0.29) is 18.4 Å². The summed E-state index contributed by atoms with van der Waals surface area (Å²) in [6.45, 7) is 0.259. The molecule has 0 saturated heterocycles. The van der Waals surface area contributed by atoms with Crippen LogP contribution in [-0.4, -0.2) is 11.8 Å². The van der Waals surface area contributed by atoms with E-state index in [0.717, 1.165) is 11.1 Å². The van der Waals surface area contributed by atoms with E-state index >= 15 is 0 Å². The molecule has 4 heteroatoms. The number of hydrogen-bond acceptors (Lipinski definition) is 3. The molecule has 20 heavy (non-hydrogen) atoms. The van der Waals surface area contributed by atoms with Gasteiger partial charge >= 0.3 is 5.97 Å². The topological polar surface area (TPSA) is 76.2 Å². The van der Waals surface area contributed by atoms with E-state index < -0.39 is 0 Å². The first kappa shape index (κ1) is 13.8. The highest BCUT2D eigenvalue weighted by Gasteiger charge is 2.07. The largest absolute Gasteiger partial charge is 0.457 e. The van der Waals surface area contributed by atoms with Gasteiger partial charge in [-0.2, -0.15) is 0 Å². The van der Waals surface area contributed by atoms with Gasteiger partial charge < -0.3 is 10.5 Å². The van der Waals surface area contributed by atoms with Crippen LogP contribution in [0.5, 0.6) is 0 Å². The number of amidine groups is 1. The van der Waals surface area contributed by atoms with Gasteiger partial charge in [-0.1, -0.05) is 42.5 Å². The molecule has 2 rings (SSSR count). The number of nitrogens with one attached hydrogen (secondary N) is 1. The molecule has 2 aromatic carbocycles. The van der Waals surface area contributed by atoms with Crippen molar-refractivity contribution in [3.8, 4) is 0 Å². The molecule has 0 fully saturated rings. The number of rotatable bonds is 5. The summed E-state index contributed by atoms with van der Waals surface area (Å²) in [6, 6.07) is 16.5. The normalized spacial score (nSPS) is 10.0. The molecule has 0 saturated carbocycles. The van der Waals surface area contributed by atoms with E-state index in [4.69, 9.17) is 15.9 Å². The minimum Gasteiger partial charge on any atom is -0.457 e. The Bertz CT molecular complexity index is 592. The summed E-state index contributed by atoms with van der Waals surface area (Å²) in [5, 5.41) is 7.22. The van der Waals surface area contributed by atoms with E-state index in [9.17, 15) is 4.79 Å². The van der Waals surface area contributed by atoms with E-state index in [0.29, 0.717) is 12.0 Å². The second-order valence-electron chi connectivity index (χ2n) is 4.46. The Labute approximate surface area is 117 Å². The zero-order chi connectivity index (χ0) is 14.4. The third kappa shape index (κ3) is 3.95. The fraction of sp³-hybridized carbons (Fsp3) is 0.125. The molecule has 0 aromatic heterocycles. The third-order valence-electron chi connectivity index (χ3n) is 2.80. The number of carbonyl (C=O) groups is 1. The first-order chi connectivity index (χ1) is 9.65. The first-order valence-corrected chi connectivity index (χ1v) is 6.28. The lowest BCUT2D eigenvalue weighted by Gasteiger charge is -2.06. The quantitative estimate of drug-likeness (QED) is 0.497. The number of ether oxygens (including phenoxy) is 1. The van der Waals surface area contributed by atoms with Crippen LogP contribution in [0.4, 0.5) is 0 Å². The van der Waals surface area contributed by atoms with Crippen LogP contribution >= 0.6 is 0 Å². The fourth-order valence-electron chi connectivity index (χ4n) is 1.79. The van der Waals surface area contributed by atoms with Gasteiger partial charge in [-0.25, -0.2) is 4.79 Å². The average Bonchev–Trinajstić information content (AvgIpc) is 2.46. The molecule has 0 spiro atoms. The lowest BCUT2D eigenvalue weighted by molar-refractivity contribution is 0.0472. The number of carbonyl (C=O) groups excluding carboxylic acids is 1. The van der Waals surface area contributed by atoms with Gasteiger partial charge in [-0.05, 0) is 23.3 Å². The molecule has 0 aliphatic rings. The monoisotopic (exact) mass is 268 g/mol. The number of nitrogens with two attached hydrogens (primary N) is 1. The summed E-state index contributed by atoms with van der Waals surface area (Å²) in [6.07, 6.45) is 0.388. The van der Waals surface area contributed by atoms with Crippen molar-refractivity contribution in [3.05, 3.63) is 71.3 Å². The Balaban J connectivity index is 1.94. The fourth-order valence-corrected chi connectivity index (χ4v) is 1.79. The Hall–Kier alpha value is -2.62. The Morgan fingerprint density at radius 2 is 1.65 bits per heavy atom. The van der Waals surface area contributed by atoms with Gasteiger partial charge in [0.05, 0.1) is 11.4 Å². The van der Waals surface area contributed by atoms with Crippen molar-refractivity contribution < 1.29 is 9.53 Å². The Morgan fingerprint density at radius 1 is 1.00 bits per heavy atom. The van der Waals surface area contributed by atoms with E-state index in [1.807, 2.05) is 30.3 Å². The summed E-state index contributed by atoms with van der Waals surface area (Å²) < 4.78 is 5.23. The molecule has 0 unspecified atom stereocenters. The van der Waals surface area contributed by atoms with Crippen LogP contribution in [0.15, 0.2) is 54.6 Å². The van der Waals surface area contributed by atoms with Crippen LogP contribution in [0.25, 0.3) is 0 Å². The highest BCUT2D eigenvalue weighted by atomic mass is 16.5. The van der Waals surface area contributed by atoms with Gasteiger partial charge in [0.15, 0.2) is 0 Å². The summed E-state index contributed by atoms with van der Waals surface area (Å²) in [4.78, 5) is 11.9. The highest BCUT2D eigenvalue weighted by Crippen LogP contribution is 2.08. The molecular weight excluding hydrogens is 252 g/mol. The van der Waals surface area contributed by atoms with Crippen LogP contribution in [0.3, 0.4) is 0 Å². The Morgan fingerprint density at radius 3 is 2.25 bits per heavy atom. The second kappa shape index (κ2) is 6.52. The maximum Gasteiger partial charge on any atom is 0.338 e. The van der Waals surface area contributed by atoms with Crippen molar-refractivity contribution in [1.29, 1.82) is 5.41 Å². The van der Waals surface area contributed by atoms with Gasteiger partial charge in [-0.15, -0.1) is 0 Å². The molecule has 0 atom stereocenters. The molecule has 0 heterocycles. The van der Waals surface area contributed by atoms with E-state index in [2.05, 4.69) is 0 Å². The van der Waals surface area contributed by atoms with Crippen molar-refractivity contribution in [2.45, 2.75) is 13.0 Å². The van der Waals surface area contributed by atoms with Gasteiger partial charge in [0, 0.05) is 6.42 Å². The number of esters is 1. The van der Waals surface area contributed by atoms with Crippen LogP contribution in [0, 0.1) is 5.41 Å². The standard InChI is InChI=1S/C16H16N2O2/c17-15(18)10-12-6-8-14(9-7-12)16(19)20-11-13-4-2-1-3-5-13/h1-9H,10-11H2,(H3,17,18). The smallest absolute Gasteiger partial charge is 0.338 e. The molecule has 3 N–H and O–H groups in total. The maximum absolute atomic E-state index is 11.9. The van der Waals surface area contributed by atoms with Crippen molar-refractivity contribution >= 4 is 11.8 Å². The zero-order valence-electron chi connectivity index (χ0n) is 11.0. The molecule has 102 valence electrons. The molecule has 2 aromatic rings. The predicted molar refractivity (Wildman–Crippen MR) is 77.6 cm³/mol. The molecule has 0 bridgehead atoms. The SMILES string of the molecule is N=C(N)Cc1ccc(C(=O)OCc2ccccc2)cc1. The van der Waals surface area contributed by atoms with Gasteiger partial charge in [0.2, 0.25) is 0 Å². The second-order valence-corrected chi connectivity index (χ2v) is 4.46. The summed E-state index contributed by atoms with van der Waals surface area (Å²) in [7, 11) is 0. The summed E-state index contributed by atoms with van der Waals surface area (Å²) in [5.74, 6) is -0.257. The van der Waals surface area contributed by atoms with Crippen molar-refractivity contribution in [2.75, 3.05) is 0 Å². The third-order valence-corrected chi connectivity index (χ3v) is 2.80. The minimum absolute atomic E-state index is 0.101. The molecule has 0 aliphatic heterocycles. The summed E-state index contributed by atoms with van der Waals surface area (Å²) >= 11 is 0. The number of benzene rings is 2. The van der Waals surface area contributed by atoms with Gasteiger partial charge in [0.1, 0.15) is 6.61 Å². The molecule has 4 nitrogen and oxygen atoms in total. The van der Waals surface area contributed by atoms with Gasteiger partial charge in [0.25, 0.3) is 0 Å². The highest BCUT2D eigenvalue weighted by molar-refractivity contribution is 5.89. The van der Waals surface area contributed by atoms with Crippen LogP contribution in [-0.2, 0) is 17.8 Å². The predicted octanol–water partition coefficient (Wildman–Crippen LogP) is 2.52. The maximum atomic E-state index is 11.9. The van der Waals surface area contributed by atoms with Gasteiger partial charge in [-0.3, -0.25) is 5.41 Å². The molecule has 0 radical (unpaired) electrons. The van der Waals surface area contributed by atoms with Crippen molar-refractivity contribution in [2.24, 2.45) is 5.73 Å². The lowest BCUT2D eigenvalue weighted by Crippen LogP contribution is -2.12. The lowest BCUT2D eigenvalue weighted by atomic mass is 10.1. The average molecular weight is 268 g/mol. The number of hydrogen-bond donors (Lipinski definition) is 2. The van der Waals surface area contributed by atoms with Crippen LogP contribution in [0.2, 0.25) is 0 Å². The minimum atomic E-state index is -0.358. The molecular formula is C16H16N2O2. The van der Waals surface area contributed by atoms with Crippen LogP contribution < -0.4 is 5.73 Å². The summed E-state index contributed by atoms with van der Waals surface area (Å²) in [5.41, 5.74) is 7.67. The van der Waals surface area contributed by atoms with E-state index in [1.165, 1.54) is 0 Å². The van der Waals surface area contributed by atoms with Crippen molar-refractivity contribution in [1.82, 2.24) is 0 Å². The first-order valence-electron chi connectivity index (χ1n) is 6.28. The van der Waals surface area contributed by atoms with E-state index in [1.54, 1.807) is 24.3 Å².